The van der Waals surface area contributed by atoms with E-state index in [4.69, 9.17) is 14.6 Å². The van der Waals surface area contributed by atoms with Gasteiger partial charge in [0.1, 0.15) is 17.3 Å². The van der Waals surface area contributed by atoms with Gasteiger partial charge in [-0.05, 0) is 6.42 Å². The molecule has 0 atom stereocenters. The Morgan fingerprint density at radius 3 is 2.19 bits per heavy atom. The number of hydrogen-bond acceptors (Lipinski definition) is 3. The second-order valence-electron chi connectivity index (χ2n) is 3.18. The van der Waals surface area contributed by atoms with Gasteiger partial charge in [-0.3, -0.25) is 4.79 Å². The molecule has 0 saturated heterocycles. The summed E-state index contributed by atoms with van der Waals surface area (Å²) in [4.78, 5) is 10.5. The first-order chi connectivity index (χ1) is 7.58. The third-order valence-corrected chi connectivity index (χ3v) is 2.16. The second kappa shape index (κ2) is 5.34. The molecule has 88 valence electrons. The first-order valence-electron chi connectivity index (χ1n) is 4.70. The average molecular weight is 228 g/mol. The third-order valence-electron chi connectivity index (χ3n) is 2.16. The molecule has 1 aromatic carbocycles. The van der Waals surface area contributed by atoms with E-state index in [0.29, 0.717) is 17.1 Å². The van der Waals surface area contributed by atoms with Crippen LogP contribution in [-0.2, 0) is 11.2 Å². The van der Waals surface area contributed by atoms with E-state index < -0.39 is 11.8 Å². The Bertz CT molecular complexity index is 365. The Balaban J connectivity index is 3.06. The van der Waals surface area contributed by atoms with E-state index in [1.165, 1.54) is 26.4 Å². The number of benzene rings is 1. The number of rotatable bonds is 5. The van der Waals surface area contributed by atoms with Crippen LogP contribution in [0.4, 0.5) is 4.39 Å². The van der Waals surface area contributed by atoms with Crippen LogP contribution < -0.4 is 9.47 Å². The van der Waals surface area contributed by atoms with Gasteiger partial charge < -0.3 is 14.6 Å². The van der Waals surface area contributed by atoms with Gasteiger partial charge in [-0.1, -0.05) is 0 Å². The number of hydrogen-bond donors (Lipinski definition) is 1. The molecule has 0 unspecified atom stereocenters. The van der Waals surface area contributed by atoms with Crippen molar-refractivity contribution >= 4 is 5.97 Å². The lowest BCUT2D eigenvalue weighted by molar-refractivity contribution is -0.136. The summed E-state index contributed by atoms with van der Waals surface area (Å²) in [5, 5.41) is 8.60. The number of aliphatic carboxylic acids is 1. The van der Waals surface area contributed by atoms with Gasteiger partial charge in [-0.25, -0.2) is 4.39 Å². The highest BCUT2D eigenvalue weighted by atomic mass is 19.1. The Labute approximate surface area is 92.6 Å². The molecule has 1 aromatic rings. The number of ether oxygens (including phenoxy) is 2. The molecule has 1 rings (SSSR count). The molecule has 0 fully saturated rings. The summed E-state index contributed by atoms with van der Waals surface area (Å²) in [5.74, 6) is -0.794. The van der Waals surface area contributed by atoms with Crippen molar-refractivity contribution in [3.63, 3.8) is 0 Å². The van der Waals surface area contributed by atoms with Crippen LogP contribution in [0.1, 0.15) is 12.0 Å². The summed E-state index contributed by atoms with van der Waals surface area (Å²) < 4.78 is 23.1. The summed E-state index contributed by atoms with van der Waals surface area (Å²) >= 11 is 0. The van der Waals surface area contributed by atoms with Crippen molar-refractivity contribution in [3.05, 3.63) is 23.5 Å². The predicted molar refractivity (Wildman–Crippen MR) is 55.5 cm³/mol. The molecule has 5 heteroatoms. The molecule has 0 amide bonds. The van der Waals surface area contributed by atoms with Crippen molar-refractivity contribution in [3.8, 4) is 11.5 Å². The number of methoxy groups -OCH3 is 2. The fourth-order valence-corrected chi connectivity index (χ4v) is 1.43. The standard InChI is InChI=1S/C11H13FO4/c1-15-9-5-7(12)6-10(16-2)8(9)3-4-11(13)14/h5-6H,3-4H2,1-2H3,(H,13,14). The number of halogens is 1. The Morgan fingerprint density at radius 2 is 1.81 bits per heavy atom. The number of carboxylic acids is 1. The number of carbonyl (C=O) groups is 1. The van der Waals surface area contributed by atoms with Crippen molar-refractivity contribution in [1.29, 1.82) is 0 Å². The maximum Gasteiger partial charge on any atom is 0.303 e. The fraction of sp³-hybridized carbons (Fsp3) is 0.364. The van der Waals surface area contributed by atoms with Gasteiger partial charge in [-0.2, -0.15) is 0 Å². The van der Waals surface area contributed by atoms with Crippen LogP contribution in [0.3, 0.4) is 0 Å². The highest BCUT2D eigenvalue weighted by molar-refractivity contribution is 5.67. The SMILES string of the molecule is COc1cc(F)cc(OC)c1CCC(=O)O. The van der Waals surface area contributed by atoms with Crippen molar-refractivity contribution in [2.45, 2.75) is 12.8 Å². The maximum absolute atomic E-state index is 13.1. The molecule has 0 radical (unpaired) electrons. The highest BCUT2D eigenvalue weighted by Crippen LogP contribution is 2.30. The Morgan fingerprint density at radius 1 is 1.31 bits per heavy atom. The smallest absolute Gasteiger partial charge is 0.303 e. The van der Waals surface area contributed by atoms with Crippen molar-refractivity contribution in [2.24, 2.45) is 0 Å². The van der Waals surface area contributed by atoms with Crippen LogP contribution in [-0.4, -0.2) is 25.3 Å². The quantitative estimate of drug-likeness (QED) is 0.835. The lowest BCUT2D eigenvalue weighted by Crippen LogP contribution is -2.02. The Kier molecular flexibility index (Phi) is 4.10. The minimum Gasteiger partial charge on any atom is -0.496 e. The third kappa shape index (κ3) is 2.85. The van der Waals surface area contributed by atoms with Crippen LogP contribution in [0.25, 0.3) is 0 Å². The molecule has 0 heterocycles. The van der Waals surface area contributed by atoms with E-state index in [1.807, 2.05) is 0 Å². The number of carboxylic acid groups (broad SMARTS) is 1. The molecule has 16 heavy (non-hydrogen) atoms. The van der Waals surface area contributed by atoms with Crippen molar-refractivity contribution in [2.75, 3.05) is 14.2 Å². The molecule has 0 aliphatic rings. The van der Waals surface area contributed by atoms with E-state index in [0.717, 1.165) is 0 Å². The Hall–Kier alpha value is -1.78. The highest BCUT2D eigenvalue weighted by Gasteiger charge is 2.13. The summed E-state index contributed by atoms with van der Waals surface area (Å²) in [6.45, 7) is 0. The normalized spacial score (nSPS) is 9.94. The molecule has 0 bridgehead atoms. The summed E-state index contributed by atoms with van der Waals surface area (Å²) in [7, 11) is 2.80. The molecule has 1 N–H and O–H groups in total. The first kappa shape index (κ1) is 12.3. The lowest BCUT2D eigenvalue weighted by Gasteiger charge is -2.12. The van der Waals surface area contributed by atoms with Crippen molar-refractivity contribution in [1.82, 2.24) is 0 Å². The van der Waals surface area contributed by atoms with Gasteiger partial charge in [0.25, 0.3) is 0 Å². The van der Waals surface area contributed by atoms with Gasteiger partial charge in [0.2, 0.25) is 0 Å². The van der Waals surface area contributed by atoms with Gasteiger partial charge in [0.05, 0.1) is 14.2 Å². The molecule has 0 aromatic heterocycles. The summed E-state index contributed by atoms with van der Waals surface area (Å²) in [6.07, 6.45) is 0.181. The van der Waals surface area contributed by atoms with E-state index in [9.17, 15) is 9.18 Å². The van der Waals surface area contributed by atoms with Crippen LogP contribution in [0.5, 0.6) is 11.5 Å². The average Bonchev–Trinajstić information content (AvgIpc) is 2.25. The van der Waals surface area contributed by atoms with Gasteiger partial charge in [0, 0.05) is 24.1 Å². The monoisotopic (exact) mass is 228 g/mol. The first-order valence-corrected chi connectivity index (χ1v) is 4.70. The van der Waals surface area contributed by atoms with E-state index in [2.05, 4.69) is 0 Å². The van der Waals surface area contributed by atoms with Crippen LogP contribution in [0.15, 0.2) is 12.1 Å². The zero-order chi connectivity index (χ0) is 12.1. The van der Waals surface area contributed by atoms with Crippen LogP contribution in [0, 0.1) is 5.82 Å². The lowest BCUT2D eigenvalue weighted by atomic mass is 10.1. The summed E-state index contributed by atoms with van der Waals surface area (Å²) in [5.41, 5.74) is 0.564. The summed E-state index contributed by atoms with van der Waals surface area (Å²) in [6, 6.07) is 2.42. The van der Waals surface area contributed by atoms with Gasteiger partial charge in [0.15, 0.2) is 0 Å². The largest absolute Gasteiger partial charge is 0.496 e. The zero-order valence-corrected chi connectivity index (χ0v) is 9.12. The second-order valence-corrected chi connectivity index (χ2v) is 3.18. The zero-order valence-electron chi connectivity index (χ0n) is 9.12. The maximum atomic E-state index is 13.1. The molecule has 0 aliphatic heterocycles. The molecule has 0 aliphatic carbocycles. The van der Waals surface area contributed by atoms with Gasteiger partial charge in [-0.15, -0.1) is 0 Å². The molecule has 4 nitrogen and oxygen atoms in total. The molecular weight excluding hydrogens is 215 g/mol. The van der Waals surface area contributed by atoms with E-state index >= 15 is 0 Å². The molecule has 0 saturated carbocycles. The van der Waals surface area contributed by atoms with Crippen LogP contribution in [0.2, 0.25) is 0 Å². The topological polar surface area (TPSA) is 55.8 Å². The minimum atomic E-state index is -0.923. The molecule has 0 spiro atoms. The molecular formula is C11H13FO4. The van der Waals surface area contributed by atoms with Crippen LogP contribution >= 0.6 is 0 Å². The minimum absolute atomic E-state index is 0.0572. The van der Waals surface area contributed by atoms with Gasteiger partial charge >= 0.3 is 5.97 Å². The fourth-order valence-electron chi connectivity index (χ4n) is 1.43. The van der Waals surface area contributed by atoms with E-state index in [1.54, 1.807) is 0 Å². The predicted octanol–water partition coefficient (Wildman–Crippen LogP) is 1.86. The van der Waals surface area contributed by atoms with Crippen molar-refractivity contribution < 1.29 is 23.8 Å². The van der Waals surface area contributed by atoms with E-state index in [-0.39, 0.29) is 12.8 Å².